The highest BCUT2D eigenvalue weighted by Gasteiger charge is 2.38. The summed E-state index contributed by atoms with van der Waals surface area (Å²) < 4.78 is 30.3. The molecule has 1 fully saturated rings. The van der Waals surface area contributed by atoms with Crippen LogP contribution < -0.4 is 15.2 Å². The Morgan fingerprint density at radius 3 is 3.09 bits per heavy atom. The van der Waals surface area contributed by atoms with Gasteiger partial charge in [0.1, 0.15) is 11.2 Å². The van der Waals surface area contributed by atoms with E-state index >= 15 is 0 Å². The van der Waals surface area contributed by atoms with Crippen LogP contribution in [0, 0.1) is 0 Å². The number of hydrogen-bond donors (Lipinski definition) is 3. The van der Waals surface area contributed by atoms with E-state index in [1.807, 2.05) is 5.38 Å². The average Bonchev–Trinajstić information content (AvgIpc) is 3.06. The van der Waals surface area contributed by atoms with Gasteiger partial charge < -0.3 is 9.64 Å². The summed E-state index contributed by atoms with van der Waals surface area (Å²) in [6.07, 6.45) is 2.34. The molecule has 122 valence electrons. The van der Waals surface area contributed by atoms with Crippen LogP contribution in [-0.2, 0) is 14.9 Å². The largest absolute Gasteiger partial charge is 0.380 e. The molecule has 10 heteroatoms. The van der Waals surface area contributed by atoms with E-state index in [1.54, 1.807) is 24.6 Å². The molecule has 1 saturated heterocycles. The molecule has 22 heavy (non-hydrogen) atoms. The number of rotatable bonds is 5. The Hall–Kier alpha value is -1.04. The quantitative estimate of drug-likeness (QED) is 0.664. The van der Waals surface area contributed by atoms with Gasteiger partial charge in [-0.05, 0) is 5.57 Å². The van der Waals surface area contributed by atoms with Crippen LogP contribution in [0.3, 0.4) is 0 Å². The fraction of sp³-hybridized carbons (Fsp3) is 0.583. The van der Waals surface area contributed by atoms with Crippen molar-refractivity contribution in [1.29, 1.82) is 0 Å². The lowest BCUT2D eigenvalue weighted by molar-refractivity contribution is 0.187. The Kier molecular flexibility index (Phi) is 4.48. The van der Waals surface area contributed by atoms with Gasteiger partial charge in [0.05, 0.1) is 6.61 Å². The zero-order valence-corrected chi connectivity index (χ0v) is 13.8. The SMILES string of the molecule is COCC1=C2C[C@H](NS(N)(=O)=O)CN2C(c2nccs2)NC1. The van der Waals surface area contributed by atoms with E-state index in [0.717, 1.165) is 16.3 Å². The summed E-state index contributed by atoms with van der Waals surface area (Å²) in [6, 6.07) is -0.237. The molecule has 2 aliphatic heterocycles. The predicted octanol–water partition coefficient (Wildman–Crippen LogP) is -0.487. The topological polar surface area (TPSA) is 110 Å². The van der Waals surface area contributed by atoms with Gasteiger partial charge in [-0.3, -0.25) is 5.32 Å². The molecule has 8 nitrogen and oxygen atoms in total. The van der Waals surface area contributed by atoms with Crippen LogP contribution in [0.15, 0.2) is 22.8 Å². The van der Waals surface area contributed by atoms with E-state index < -0.39 is 10.2 Å². The fourth-order valence-electron chi connectivity index (χ4n) is 3.01. The Labute approximate surface area is 133 Å². The maximum Gasteiger partial charge on any atom is 0.274 e. The highest BCUT2D eigenvalue weighted by atomic mass is 32.2. The summed E-state index contributed by atoms with van der Waals surface area (Å²) >= 11 is 1.57. The van der Waals surface area contributed by atoms with Crippen LogP contribution in [0.2, 0.25) is 0 Å². The molecule has 3 heterocycles. The monoisotopic (exact) mass is 345 g/mol. The van der Waals surface area contributed by atoms with E-state index in [0.29, 0.717) is 26.1 Å². The minimum absolute atomic E-state index is 0.0390. The molecule has 0 radical (unpaired) electrons. The van der Waals surface area contributed by atoms with Gasteiger partial charge in [0, 0.05) is 49.9 Å². The van der Waals surface area contributed by atoms with Crippen molar-refractivity contribution < 1.29 is 13.2 Å². The first-order chi connectivity index (χ1) is 10.5. The molecule has 1 aromatic heterocycles. The molecule has 0 bridgehead atoms. The van der Waals surface area contributed by atoms with E-state index in [-0.39, 0.29) is 12.2 Å². The van der Waals surface area contributed by atoms with Crippen LogP contribution in [0.1, 0.15) is 17.6 Å². The Bertz CT molecular complexity index is 658. The molecule has 0 spiro atoms. The lowest BCUT2D eigenvalue weighted by Crippen LogP contribution is -2.45. The number of methoxy groups -OCH3 is 1. The third-order valence-corrected chi connectivity index (χ3v) is 5.26. The van der Waals surface area contributed by atoms with E-state index in [2.05, 4.69) is 19.9 Å². The van der Waals surface area contributed by atoms with Crippen LogP contribution in [0.25, 0.3) is 0 Å². The molecule has 0 saturated carbocycles. The van der Waals surface area contributed by atoms with Gasteiger partial charge in [0.15, 0.2) is 0 Å². The van der Waals surface area contributed by atoms with Gasteiger partial charge in [0.2, 0.25) is 0 Å². The minimum Gasteiger partial charge on any atom is -0.380 e. The minimum atomic E-state index is -3.72. The van der Waals surface area contributed by atoms with E-state index in [1.165, 1.54) is 0 Å². The number of hydrogen-bond acceptors (Lipinski definition) is 7. The summed E-state index contributed by atoms with van der Waals surface area (Å²) in [5.74, 6) is 0. The summed E-state index contributed by atoms with van der Waals surface area (Å²) in [6.45, 7) is 1.77. The van der Waals surface area contributed by atoms with Crippen LogP contribution in [0.5, 0.6) is 0 Å². The normalized spacial score (nSPS) is 25.6. The highest BCUT2D eigenvalue weighted by molar-refractivity contribution is 7.87. The molecule has 3 rings (SSSR count). The Morgan fingerprint density at radius 1 is 1.64 bits per heavy atom. The van der Waals surface area contributed by atoms with Gasteiger partial charge >= 0.3 is 0 Å². The van der Waals surface area contributed by atoms with Gasteiger partial charge in [-0.25, -0.2) is 10.1 Å². The number of nitrogens with zero attached hydrogens (tertiary/aromatic N) is 2. The van der Waals surface area contributed by atoms with Gasteiger partial charge in [0.25, 0.3) is 10.2 Å². The van der Waals surface area contributed by atoms with Crippen LogP contribution in [0.4, 0.5) is 0 Å². The van der Waals surface area contributed by atoms with Gasteiger partial charge in [-0.2, -0.15) is 13.1 Å². The average molecular weight is 345 g/mol. The summed E-state index contributed by atoms with van der Waals surface area (Å²) in [5, 5.41) is 11.4. The lowest BCUT2D eigenvalue weighted by atomic mass is 10.1. The molecule has 2 aliphatic rings. The second-order valence-electron chi connectivity index (χ2n) is 5.35. The number of aromatic nitrogens is 1. The van der Waals surface area contributed by atoms with Crippen molar-refractivity contribution in [3.8, 4) is 0 Å². The second-order valence-corrected chi connectivity index (χ2v) is 7.61. The summed E-state index contributed by atoms with van der Waals surface area (Å²) in [5.41, 5.74) is 2.25. The Balaban J connectivity index is 1.87. The first-order valence-electron chi connectivity index (χ1n) is 6.87. The zero-order chi connectivity index (χ0) is 15.7. The van der Waals surface area contributed by atoms with E-state index in [4.69, 9.17) is 9.88 Å². The molecule has 1 unspecified atom stereocenters. The third kappa shape index (κ3) is 3.31. The first-order valence-corrected chi connectivity index (χ1v) is 9.30. The van der Waals surface area contributed by atoms with Gasteiger partial charge in [-0.1, -0.05) is 0 Å². The van der Waals surface area contributed by atoms with Crippen molar-refractivity contribution in [2.75, 3.05) is 26.8 Å². The summed E-state index contributed by atoms with van der Waals surface area (Å²) in [4.78, 5) is 6.52. The standard InChI is InChI=1S/C12H19N5O3S2/c1-20-7-8-5-15-11(12-14-2-3-21-12)17-6-9(4-10(8)17)16-22(13,18)19/h2-3,9,11,15-16H,4-7H2,1H3,(H2,13,18,19)/t9-,11?/m0/s1. The molecular weight excluding hydrogens is 326 g/mol. The Morgan fingerprint density at radius 2 is 2.45 bits per heavy atom. The molecule has 0 amide bonds. The number of ether oxygens (including phenoxy) is 1. The van der Waals surface area contributed by atoms with Crippen LogP contribution in [-0.4, -0.2) is 51.1 Å². The molecule has 1 aromatic rings. The number of nitrogens with two attached hydrogens (primary N) is 1. The fourth-order valence-corrected chi connectivity index (χ4v) is 4.36. The zero-order valence-electron chi connectivity index (χ0n) is 12.2. The third-order valence-electron chi connectivity index (χ3n) is 3.77. The number of nitrogens with one attached hydrogen (secondary N) is 2. The maximum absolute atomic E-state index is 11.3. The molecular formula is C12H19N5O3S2. The van der Waals surface area contributed by atoms with Crippen molar-refractivity contribution in [3.63, 3.8) is 0 Å². The highest BCUT2D eigenvalue weighted by Crippen LogP contribution is 2.36. The van der Waals surface area contributed by atoms with E-state index in [9.17, 15) is 8.42 Å². The number of thiazole rings is 1. The smallest absolute Gasteiger partial charge is 0.274 e. The summed E-state index contributed by atoms with van der Waals surface area (Å²) in [7, 11) is -2.06. The number of fused-ring (bicyclic) bond motifs is 1. The van der Waals surface area contributed by atoms with Crippen molar-refractivity contribution >= 4 is 21.5 Å². The van der Waals surface area contributed by atoms with Gasteiger partial charge in [-0.15, -0.1) is 11.3 Å². The first kappa shape index (κ1) is 15.8. The van der Waals surface area contributed by atoms with Crippen molar-refractivity contribution in [1.82, 2.24) is 19.9 Å². The molecule has 0 aromatic carbocycles. The molecule has 0 aliphatic carbocycles. The van der Waals surface area contributed by atoms with Crippen LogP contribution >= 0.6 is 11.3 Å². The molecule has 4 N–H and O–H groups in total. The maximum atomic E-state index is 11.3. The van der Waals surface area contributed by atoms with Crippen molar-refractivity contribution in [3.05, 3.63) is 27.9 Å². The van der Waals surface area contributed by atoms with Crippen molar-refractivity contribution in [2.45, 2.75) is 18.6 Å². The predicted molar refractivity (Wildman–Crippen MR) is 83.1 cm³/mol. The molecule has 2 atom stereocenters. The lowest BCUT2D eigenvalue weighted by Gasteiger charge is -2.36. The second kappa shape index (κ2) is 6.22. The van der Waals surface area contributed by atoms with Crippen molar-refractivity contribution in [2.24, 2.45) is 5.14 Å².